The first-order chi connectivity index (χ1) is 19.1. The van der Waals surface area contributed by atoms with Crippen LogP contribution in [-0.4, -0.2) is 57.2 Å². The van der Waals surface area contributed by atoms with Crippen molar-refractivity contribution in [1.82, 2.24) is 19.9 Å². The van der Waals surface area contributed by atoms with Crippen LogP contribution in [0.3, 0.4) is 0 Å². The number of hydrogen-bond acceptors (Lipinski definition) is 7. The Kier molecular flexibility index (Phi) is 16.5. The smallest absolute Gasteiger partial charge is 0.247 e. The van der Waals surface area contributed by atoms with Gasteiger partial charge in [0.05, 0.1) is 11.9 Å². The summed E-state index contributed by atoms with van der Waals surface area (Å²) in [6.07, 6.45) is 14.0. The molecule has 3 heterocycles. The summed E-state index contributed by atoms with van der Waals surface area (Å²) in [5.41, 5.74) is 0.845. The van der Waals surface area contributed by atoms with E-state index < -0.39 is 5.95 Å². The number of aromatic nitrogens is 3. The fourth-order valence-corrected chi connectivity index (χ4v) is 4.55. The van der Waals surface area contributed by atoms with Crippen LogP contribution in [0.1, 0.15) is 108 Å². The van der Waals surface area contributed by atoms with Gasteiger partial charge in [0.25, 0.3) is 0 Å². The zero-order valence-electron chi connectivity index (χ0n) is 25.4. The second kappa shape index (κ2) is 19.0. The average Bonchev–Trinajstić information content (AvgIpc) is 2.95. The molecule has 0 aromatic carbocycles. The van der Waals surface area contributed by atoms with Gasteiger partial charge in [-0.1, -0.05) is 46.6 Å². The highest BCUT2D eigenvalue weighted by atomic mass is 19.1. The Hall–Kier alpha value is -3.20. The molecule has 40 heavy (non-hydrogen) atoms. The fourth-order valence-electron chi connectivity index (χ4n) is 4.55. The van der Waals surface area contributed by atoms with Gasteiger partial charge in [-0.3, -0.25) is 24.5 Å². The van der Waals surface area contributed by atoms with E-state index in [1.165, 1.54) is 96.3 Å². The predicted octanol–water partition coefficient (Wildman–Crippen LogP) is 6.76. The highest BCUT2D eigenvalue weighted by Crippen LogP contribution is 2.25. The van der Waals surface area contributed by atoms with Gasteiger partial charge < -0.3 is 9.72 Å². The van der Waals surface area contributed by atoms with Gasteiger partial charge in [0.15, 0.2) is 11.7 Å². The number of halogens is 1. The van der Waals surface area contributed by atoms with Crippen molar-refractivity contribution in [2.75, 3.05) is 13.6 Å². The van der Waals surface area contributed by atoms with Crippen molar-refractivity contribution in [2.45, 2.75) is 105 Å². The van der Waals surface area contributed by atoms with Crippen molar-refractivity contribution in [3.63, 3.8) is 0 Å². The van der Waals surface area contributed by atoms with E-state index in [0.29, 0.717) is 11.5 Å². The lowest BCUT2D eigenvalue weighted by Crippen LogP contribution is -2.45. The molecule has 1 atom stereocenters. The molecule has 0 saturated carbocycles. The topological polar surface area (TPSA) is 101 Å². The summed E-state index contributed by atoms with van der Waals surface area (Å²) in [7, 11) is 1.59. The molecule has 0 amide bonds. The predicted molar refractivity (Wildman–Crippen MR) is 161 cm³/mol. The van der Waals surface area contributed by atoms with Crippen LogP contribution in [0.15, 0.2) is 40.9 Å². The van der Waals surface area contributed by atoms with E-state index in [4.69, 9.17) is 4.74 Å². The number of nitrogens with zero attached hydrogens (tertiary/aromatic N) is 4. The summed E-state index contributed by atoms with van der Waals surface area (Å²) < 4.78 is 18.2. The second-order valence-corrected chi connectivity index (χ2v) is 9.92. The van der Waals surface area contributed by atoms with E-state index in [-0.39, 0.29) is 28.5 Å². The number of aliphatic imine (C=N–C) groups is 1. The van der Waals surface area contributed by atoms with Gasteiger partial charge in [0.2, 0.25) is 11.5 Å². The lowest BCUT2D eigenvalue weighted by molar-refractivity contribution is 0.0807. The number of ether oxygens (including phenoxy) is 1. The molecule has 1 saturated heterocycles. The first-order valence-corrected chi connectivity index (χ1v) is 14.3. The van der Waals surface area contributed by atoms with Gasteiger partial charge in [0.1, 0.15) is 11.5 Å². The molecule has 0 aliphatic carbocycles. The maximum Gasteiger partial charge on any atom is 0.247 e. The Morgan fingerprint density at radius 2 is 1.90 bits per heavy atom. The number of H-pyrrole nitrogens is 1. The maximum absolute atomic E-state index is 13.1. The van der Waals surface area contributed by atoms with Crippen LogP contribution in [0, 0.1) is 12.9 Å². The zero-order chi connectivity index (χ0) is 30.1. The third kappa shape index (κ3) is 12.3. The van der Waals surface area contributed by atoms with Crippen molar-refractivity contribution < 1.29 is 13.9 Å². The van der Waals surface area contributed by atoms with Crippen molar-refractivity contribution in [3.05, 3.63) is 64.4 Å². The van der Waals surface area contributed by atoms with E-state index in [0.717, 1.165) is 12.1 Å². The van der Waals surface area contributed by atoms with Gasteiger partial charge in [0, 0.05) is 43.9 Å². The Balaban J connectivity index is 0.000000307. The first-order valence-electron chi connectivity index (χ1n) is 14.3. The number of carbonyl (C=O) groups excluding carboxylic acids is 1. The average molecular weight is 558 g/mol. The first kappa shape index (κ1) is 34.8. The highest BCUT2D eigenvalue weighted by Gasteiger charge is 2.26. The van der Waals surface area contributed by atoms with E-state index >= 15 is 0 Å². The molecule has 0 bridgehead atoms. The molecule has 1 unspecified atom stereocenters. The molecule has 2 aromatic rings. The summed E-state index contributed by atoms with van der Waals surface area (Å²) in [4.78, 5) is 37.6. The monoisotopic (exact) mass is 557 g/mol. The van der Waals surface area contributed by atoms with E-state index in [1.54, 1.807) is 14.0 Å². The van der Waals surface area contributed by atoms with Gasteiger partial charge in [-0.05, 0) is 58.6 Å². The summed E-state index contributed by atoms with van der Waals surface area (Å²) in [6, 6.07) is 4.60. The van der Waals surface area contributed by atoms with E-state index in [1.807, 2.05) is 0 Å². The molecular formula is C31H48FN5O3. The summed E-state index contributed by atoms with van der Waals surface area (Å²) >= 11 is 0. The Morgan fingerprint density at radius 3 is 2.40 bits per heavy atom. The normalized spacial score (nSPS) is 15.4. The molecule has 9 heteroatoms. The Morgan fingerprint density at radius 1 is 1.23 bits per heavy atom. The maximum atomic E-state index is 13.1. The minimum absolute atomic E-state index is 0.0451. The number of aryl methyl sites for hydroxylation is 1. The minimum Gasteiger partial charge on any atom is -0.442 e. The summed E-state index contributed by atoms with van der Waals surface area (Å²) in [5, 5.41) is 0. The van der Waals surface area contributed by atoms with E-state index in [2.05, 4.69) is 52.2 Å². The van der Waals surface area contributed by atoms with Crippen LogP contribution in [0.4, 0.5) is 4.39 Å². The fraction of sp³-hybridized carbons (Fsp3) is 0.581. The molecule has 0 radical (unpaired) electrons. The van der Waals surface area contributed by atoms with Gasteiger partial charge >= 0.3 is 0 Å². The van der Waals surface area contributed by atoms with Crippen LogP contribution in [0.5, 0.6) is 0 Å². The molecule has 0 spiro atoms. The van der Waals surface area contributed by atoms with Crippen molar-refractivity contribution >= 4 is 17.4 Å². The molecule has 222 valence electrons. The van der Waals surface area contributed by atoms with Gasteiger partial charge in [-0.2, -0.15) is 4.39 Å². The van der Waals surface area contributed by atoms with Crippen LogP contribution < -0.4 is 5.56 Å². The standard InChI is InChI=1S/C14H29N.C10H12FN3O.C7H7NO2/c1-4-9-14(10-5-2)15-12-8-7-11-13(15)6-3;1-6-10(11)14-9(5-13-6)7(2)15-8(3)12-4;1-5(9)6-2-3-7(10)8-4-6/h13-14H,4-12H2,1-3H3;5H,2H2,1,3-4H3;2-4H,1H3,(H,8,10). The molecule has 1 aliphatic heterocycles. The Bertz CT molecular complexity index is 1120. The Labute approximate surface area is 239 Å². The quantitative estimate of drug-likeness (QED) is 0.158. The number of carbonyl (C=O) groups is 1. The number of rotatable bonds is 9. The third-order valence-corrected chi connectivity index (χ3v) is 6.82. The number of piperidine rings is 1. The second-order valence-electron chi connectivity index (χ2n) is 9.92. The molecular weight excluding hydrogens is 509 g/mol. The van der Waals surface area contributed by atoms with E-state index in [9.17, 15) is 14.0 Å². The number of Topliss-reactive ketones (excluding diaryl/α,β-unsaturated/α-hetero) is 1. The molecule has 8 nitrogen and oxygen atoms in total. The summed E-state index contributed by atoms with van der Waals surface area (Å²) in [6.45, 7) is 16.6. The van der Waals surface area contributed by atoms with Crippen LogP contribution in [0.2, 0.25) is 0 Å². The third-order valence-electron chi connectivity index (χ3n) is 6.82. The highest BCUT2D eigenvalue weighted by molar-refractivity contribution is 5.93. The van der Waals surface area contributed by atoms with Crippen molar-refractivity contribution in [1.29, 1.82) is 0 Å². The molecule has 3 rings (SSSR count). The SMILES string of the molecule is C=C(OC(C)=NC)c1cnc(C)c(F)n1.CC(=O)c1ccc(=O)[nH]c1.CCCC(CCC)N1CCCCC1CC. The number of hydrogen-bond donors (Lipinski definition) is 1. The number of likely N-dealkylation sites (tertiary alicyclic amines) is 1. The number of aromatic amines is 1. The van der Waals surface area contributed by atoms with Gasteiger partial charge in [-0.25, -0.2) is 4.98 Å². The number of ketones is 1. The van der Waals surface area contributed by atoms with Crippen molar-refractivity contribution in [2.24, 2.45) is 4.99 Å². The lowest BCUT2D eigenvalue weighted by atomic mass is 9.94. The summed E-state index contributed by atoms with van der Waals surface area (Å²) in [5.74, 6) is -0.00752. The largest absolute Gasteiger partial charge is 0.442 e. The molecule has 1 N–H and O–H groups in total. The lowest BCUT2D eigenvalue weighted by Gasteiger charge is -2.41. The number of nitrogens with one attached hydrogen (secondary N) is 1. The van der Waals surface area contributed by atoms with Crippen molar-refractivity contribution in [3.8, 4) is 0 Å². The minimum atomic E-state index is -0.622. The van der Waals surface area contributed by atoms with Gasteiger partial charge in [-0.15, -0.1) is 0 Å². The van der Waals surface area contributed by atoms with Crippen LogP contribution in [0.25, 0.3) is 5.76 Å². The number of pyridine rings is 1. The molecule has 1 fully saturated rings. The zero-order valence-corrected chi connectivity index (χ0v) is 25.4. The molecule has 1 aliphatic rings. The van der Waals surface area contributed by atoms with Crippen LogP contribution in [-0.2, 0) is 4.74 Å². The molecule has 2 aromatic heterocycles. The van der Waals surface area contributed by atoms with Crippen LogP contribution >= 0.6 is 0 Å².